The Morgan fingerprint density at radius 3 is 2.60 bits per heavy atom. The smallest absolute Gasteiger partial charge is 0.326 e. The van der Waals surface area contributed by atoms with Crippen LogP contribution >= 0.6 is 0 Å². The predicted octanol–water partition coefficient (Wildman–Crippen LogP) is 1.38. The summed E-state index contributed by atoms with van der Waals surface area (Å²) < 4.78 is 28.8. The Hall–Kier alpha value is -1.60. The maximum absolute atomic E-state index is 12.0. The molecule has 0 heterocycles. The minimum absolute atomic E-state index is 0.0402. The van der Waals surface area contributed by atoms with Crippen molar-refractivity contribution in [2.24, 2.45) is 0 Å². The Morgan fingerprint density at radius 2 is 2.05 bits per heavy atom. The quantitative estimate of drug-likeness (QED) is 0.753. The van der Waals surface area contributed by atoms with Gasteiger partial charge in [0.05, 0.1) is 16.3 Å². The van der Waals surface area contributed by atoms with Crippen molar-refractivity contribution in [3.05, 3.63) is 24.3 Å². The van der Waals surface area contributed by atoms with Gasteiger partial charge in [-0.25, -0.2) is 13.2 Å². The number of aliphatic carboxylic acids is 1. The van der Waals surface area contributed by atoms with Crippen LogP contribution in [-0.2, 0) is 19.4 Å². The van der Waals surface area contributed by atoms with Crippen LogP contribution in [0.4, 0.5) is 5.69 Å². The molecular formula is C13H19NO5S. The molecule has 0 bridgehead atoms. The van der Waals surface area contributed by atoms with Gasteiger partial charge in [-0.3, -0.25) is 0 Å². The van der Waals surface area contributed by atoms with E-state index in [9.17, 15) is 13.2 Å². The largest absolute Gasteiger partial charge is 0.480 e. The van der Waals surface area contributed by atoms with Crippen molar-refractivity contribution in [2.75, 3.05) is 24.8 Å². The zero-order chi connectivity index (χ0) is 15.2. The molecule has 20 heavy (non-hydrogen) atoms. The van der Waals surface area contributed by atoms with Crippen LogP contribution in [0.2, 0.25) is 0 Å². The van der Waals surface area contributed by atoms with Crippen molar-refractivity contribution in [2.45, 2.75) is 24.3 Å². The summed E-state index contributed by atoms with van der Waals surface area (Å²) in [6, 6.07) is 5.40. The van der Waals surface area contributed by atoms with Crippen LogP contribution in [0.5, 0.6) is 0 Å². The Kier molecular flexibility index (Phi) is 5.97. The fraction of sp³-hybridized carbons (Fsp3) is 0.462. The number of carboxylic acids is 1. The molecule has 0 aliphatic carbocycles. The molecule has 0 fully saturated rings. The molecule has 0 saturated carbocycles. The second-order valence-electron chi connectivity index (χ2n) is 4.22. The maximum atomic E-state index is 12.0. The van der Waals surface area contributed by atoms with E-state index < -0.39 is 21.8 Å². The molecule has 0 aliphatic rings. The van der Waals surface area contributed by atoms with E-state index in [0.29, 0.717) is 5.69 Å². The molecule has 2 N–H and O–H groups in total. The summed E-state index contributed by atoms with van der Waals surface area (Å²) >= 11 is 0. The lowest BCUT2D eigenvalue weighted by molar-refractivity contribution is -0.138. The zero-order valence-electron chi connectivity index (χ0n) is 11.5. The lowest BCUT2D eigenvalue weighted by Crippen LogP contribution is -2.31. The molecule has 6 nitrogen and oxygen atoms in total. The second-order valence-corrected chi connectivity index (χ2v) is 6.46. The summed E-state index contributed by atoms with van der Waals surface area (Å²) in [6.07, 6.45) is 0.242. The summed E-state index contributed by atoms with van der Waals surface area (Å²) in [7, 11) is -1.93. The standard InChI is InChI=1S/C13H19NO5S/c1-3-20(17,18)12-7-5-4-6-10(12)14-11(13(15)16)8-9-19-2/h4-7,11,14H,3,8-9H2,1-2H3,(H,15,16). The van der Waals surface area contributed by atoms with Crippen LogP contribution in [0, 0.1) is 0 Å². The van der Waals surface area contributed by atoms with E-state index in [2.05, 4.69) is 5.32 Å². The first-order valence-electron chi connectivity index (χ1n) is 6.22. The van der Waals surface area contributed by atoms with Gasteiger partial charge in [-0.05, 0) is 12.1 Å². The summed E-state index contributed by atoms with van der Waals surface area (Å²) in [6.45, 7) is 1.82. The van der Waals surface area contributed by atoms with Gasteiger partial charge in [0.2, 0.25) is 0 Å². The molecule has 1 atom stereocenters. The number of anilines is 1. The number of carboxylic acid groups (broad SMARTS) is 1. The van der Waals surface area contributed by atoms with E-state index in [0.717, 1.165) is 0 Å². The summed E-state index contributed by atoms with van der Waals surface area (Å²) in [4.78, 5) is 11.3. The van der Waals surface area contributed by atoms with Crippen molar-refractivity contribution in [1.82, 2.24) is 0 Å². The van der Waals surface area contributed by atoms with Crippen LogP contribution in [0.3, 0.4) is 0 Å². The van der Waals surface area contributed by atoms with Gasteiger partial charge in [0.25, 0.3) is 0 Å². The highest BCUT2D eigenvalue weighted by Gasteiger charge is 2.21. The average Bonchev–Trinajstić information content (AvgIpc) is 2.43. The number of nitrogens with one attached hydrogen (secondary N) is 1. The van der Waals surface area contributed by atoms with Gasteiger partial charge in [-0.2, -0.15) is 0 Å². The first-order chi connectivity index (χ1) is 9.42. The number of rotatable bonds is 8. The number of hydrogen-bond donors (Lipinski definition) is 2. The molecule has 0 aliphatic heterocycles. The molecule has 1 aromatic carbocycles. The third-order valence-electron chi connectivity index (χ3n) is 2.84. The normalized spacial score (nSPS) is 12.9. The van der Waals surface area contributed by atoms with Crippen LogP contribution in [0.1, 0.15) is 13.3 Å². The number of sulfone groups is 1. The third kappa shape index (κ3) is 4.21. The highest BCUT2D eigenvalue weighted by Crippen LogP contribution is 2.23. The second kappa shape index (κ2) is 7.25. The van der Waals surface area contributed by atoms with Crippen molar-refractivity contribution < 1.29 is 23.1 Å². The molecule has 1 unspecified atom stereocenters. The SMILES string of the molecule is CCS(=O)(=O)c1ccccc1NC(CCOC)C(=O)O. The molecule has 1 aromatic rings. The Labute approximate surface area is 118 Å². The van der Waals surface area contributed by atoms with E-state index in [1.54, 1.807) is 25.1 Å². The van der Waals surface area contributed by atoms with Gasteiger partial charge in [0.15, 0.2) is 9.84 Å². The minimum atomic E-state index is -3.41. The molecule has 0 aromatic heterocycles. The van der Waals surface area contributed by atoms with E-state index in [4.69, 9.17) is 9.84 Å². The van der Waals surface area contributed by atoms with E-state index in [1.807, 2.05) is 0 Å². The zero-order valence-corrected chi connectivity index (χ0v) is 12.3. The van der Waals surface area contributed by atoms with Crippen molar-refractivity contribution in [1.29, 1.82) is 0 Å². The first-order valence-corrected chi connectivity index (χ1v) is 7.87. The van der Waals surface area contributed by atoms with Gasteiger partial charge in [0.1, 0.15) is 6.04 Å². The fourth-order valence-corrected chi connectivity index (χ4v) is 2.75. The number of ether oxygens (including phenoxy) is 1. The lowest BCUT2D eigenvalue weighted by Gasteiger charge is -2.17. The summed E-state index contributed by atoms with van der Waals surface area (Å²) in [5, 5.41) is 11.9. The number of benzene rings is 1. The molecule has 112 valence electrons. The molecule has 0 radical (unpaired) electrons. The van der Waals surface area contributed by atoms with E-state index >= 15 is 0 Å². The van der Waals surface area contributed by atoms with Gasteiger partial charge >= 0.3 is 5.97 Å². The molecule has 1 rings (SSSR count). The molecule has 0 saturated heterocycles. The maximum Gasteiger partial charge on any atom is 0.326 e. The lowest BCUT2D eigenvalue weighted by atomic mass is 10.2. The van der Waals surface area contributed by atoms with Gasteiger partial charge in [0, 0.05) is 20.1 Å². The van der Waals surface area contributed by atoms with E-state index in [-0.39, 0.29) is 23.7 Å². The number of para-hydroxylation sites is 1. The summed E-state index contributed by atoms with van der Waals surface area (Å²) in [5.41, 5.74) is 0.304. The van der Waals surface area contributed by atoms with Crippen molar-refractivity contribution >= 4 is 21.5 Å². The van der Waals surface area contributed by atoms with Gasteiger partial charge in [-0.15, -0.1) is 0 Å². The molecule has 7 heteroatoms. The monoisotopic (exact) mass is 301 g/mol. The van der Waals surface area contributed by atoms with Crippen LogP contribution in [0.25, 0.3) is 0 Å². The van der Waals surface area contributed by atoms with Crippen LogP contribution in [-0.4, -0.2) is 45.0 Å². The van der Waals surface area contributed by atoms with Gasteiger partial charge < -0.3 is 15.2 Å². The number of hydrogen-bond acceptors (Lipinski definition) is 5. The number of methoxy groups -OCH3 is 1. The fourth-order valence-electron chi connectivity index (χ4n) is 1.69. The van der Waals surface area contributed by atoms with Crippen LogP contribution in [0.15, 0.2) is 29.2 Å². The van der Waals surface area contributed by atoms with Crippen molar-refractivity contribution in [3.8, 4) is 0 Å². The Balaban J connectivity index is 3.05. The Morgan fingerprint density at radius 1 is 1.40 bits per heavy atom. The molecule has 0 amide bonds. The molecule has 0 spiro atoms. The van der Waals surface area contributed by atoms with Gasteiger partial charge in [-0.1, -0.05) is 19.1 Å². The highest BCUT2D eigenvalue weighted by molar-refractivity contribution is 7.91. The van der Waals surface area contributed by atoms with E-state index in [1.165, 1.54) is 13.2 Å². The van der Waals surface area contributed by atoms with Crippen LogP contribution < -0.4 is 5.32 Å². The first kappa shape index (κ1) is 16.5. The highest BCUT2D eigenvalue weighted by atomic mass is 32.2. The molecular weight excluding hydrogens is 282 g/mol. The Bertz CT molecular complexity index is 556. The predicted molar refractivity (Wildman–Crippen MR) is 75.7 cm³/mol. The topological polar surface area (TPSA) is 92.7 Å². The minimum Gasteiger partial charge on any atom is -0.480 e. The third-order valence-corrected chi connectivity index (χ3v) is 4.63. The summed E-state index contributed by atoms with van der Waals surface area (Å²) in [5.74, 6) is -1.09. The average molecular weight is 301 g/mol. The number of carbonyl (C=O) groups is 1. The van der Waals surface area contributed by atoms with Crippen molar-refractivity contribution in [3.63, 3.8) is 0 Å².